The van der Waals surface area contributed by atoms with Crippen molar-refractivity contribution in [1.82, 2.24) is 9.30 Å². The molecule has 0 aliphatic rings. The van der Waals surface area contributed by atoms with Crippen LogP contribution in [0.3, 0.4) is 0 Å². The third-order valence-electron chi connectivity index (χ3n) is 3.91. The smallest absolute Gasteiger partial charge is 0.418 e. The first-order valence-electron chi connectivity index (χ1n) is 7.92. The van der Waals surface area contributed by atoms with Crippen LogP contribution in [0.1, 0.15) is 6.92 Å². The predicted octanol–water partition coefficient (Wildman–Crippen LogP) is 2.12. The topological polar surface area (TPSA) is 62.5 Å². The van der Waals surface area contributed by atoms with Crippen molar-refractivity contribution in [3.8, 4) is 0 Å². The van der Waals surface area contributed by atoms with E-state index in [1.54, 1.807) is 4.57 Å². The first kappa shape index (κ1) is 18.5. The molecule has 0 radical (unpaired) electrons. The fourth-order valence-electron chi connectivity index (χ4n) is 2.77. The average molecular weight is 367 g/mol. The van der Waals surface area contributed by atoms with Crippen molar-refractivity contribution in [3.05, 3.63) is 12.4 Å². The molecule has 24 heavy (non-hydrogen) atoms. The molecule has 0 atom stereocenters. The standard InChI is InChI=1S/C16H26N2O4Si2/c1-11(19)22-18-10-13(24(6,7)8)14-15(18)12(23(3,4)5)9-17(14)16(20)21-2/h9-10H,1-8H3. The lowest BCUT2D eigenvalue weighted by Gasteiger charge is -2.16. The van der Waals surface area contributed by atoms with Gasteiger partial charge in [-0.1, -0.05) is 39.3 Å². The highest BCUT2D eigenvalue weighted by Crippen LogP contribution is 2.21. The van der Waals surface area contributed by atoms with Crippen molar-refractivity contribution < 1.29 is 19.2 Å². The van der Waals surface area contributed by atoms with E-state index in [1.165, 1.54) is 18.8 Å². The summed E-state index contributed by atoms with van der Waals surface area (Å²) in [5, 5.41) is 2.13. The van der Waals surface area contributed by atoms with Crippen LogP contribution >= 0.6 is 0 Å². The lowest BCUT2D eigenvalue weighted by atomic mass is 10.5. The van der Waals surface area contributed by atoms with Crippen LogP contribution in [0.5, 0.6) is 0 Å². The number of aromatic nitrogens is 2. The molecule has 0 spiro atoms. The van der Waals surface area contributed by atoms with Gasteiger partial charge in [-0.2, -0.15) is 4.73 Å². The maximum atomic E-state index is 12.3. The maximum absolute atomic E-state index is 12.3. The Labute approximate surface area is 144 Å². The Balaban J connectivity index is 2.97. The number of hydrogen-bond donors (Lipinski definition) is 0. The van der Waals surface area contributed by atoms with Crippen molar-refractivity contribution >= 4 is 49.6 Å². The Hall–Kier alpha value is -1.81. The summed E-state index contributed by atoms with van der Waals surface area (Å²) in [7, 11) is -2.20. The first-order chi connectivity index (χ1) is 10.9. The van der Waals surface area contributed by atoms with E-state index in [1.807, 2.05) is 12.4 Å². The number of methoxy groups -OCH3 is 1. The van der Waals surface area contributed by atoms with Gasteiger partial charge in [0.25, 0.3) is 0 Å². The number of fused-ring (bicyclic) bond motifs is 1. The molecule has 0 N–H and O–H groups in total. The van der Waals surface area contributed by atoms with Crippen molar-refractivity contribution in [2.45, 2.75) is 46.2 Å². The molecule has 0 aliphatic heterocycles. The number of hydrogen-bond acceptors (Lipinski definition) is 4. The Morgan fingerprint density at radius 3 is 1.83 bits per heavy atom. The van der Waals surface area contributed by atoms with Gasteiger partial charge in [-0.15, -0.1) is 0 Å². The van der Waals surface area contributed by atoms with Gasteiger partial charge in [-0.3, -0.25) is 4.57 Å². The second-order valence-electron chi connectivity index (χ2n) is 8.03. The molecule has 0 aromatic carbocycles. The van der Waals surface area contributed by atoms with Gasteiger partial charge >= 0.3 is 12.1 Å². The van der Waals surface area contributed by atoms with Crippen LogP contribution < -0.4 is 15.2 Å². The summed E-state index contributed by atoms with van der Waals surface area (Å²) in [5.41, 5.74) is 1.62. The van der Waals surface area contributed by atoms with Crippen molar-refractivity contribution in [2.24, 2.45) is 0 Å². The zero-order valence-corrected chi connectivity index (χ0v) is 17.7. The molecular formula is C16H26N2O4Si2. The van der Waals surface area contributed by atoms with Gasteiger partial charge in [0.05, 0.1) is 28.8 Å². The normalized spacial score (nSPS) is 12.5. The molecule has 0 saturated heterocycles. The number of nitrogens with zero attached hydrogens (tertiary/aromatic N) is 2. The van der Waals surface area contributed by atoms with Crippen molar-refractivity contribution in [3.63, 3.8) is 0 Å². The van der Waals surface area contributed by atoms with E-state index < -0.39 is 22.2 Å². The SMILES string of the molecule is COC(=O)n1cc([Si](C)(C)C)c2c1c([Si](C)(C)C)cn2OC(C)=O. The quantitative estimate of drug-likeness (QED) is 0.781. The van der Waals surface area contributed by atoms with Gasteiger partial charge in [0.1, 0.15) is 5.52 Å². The maximum Gasteiger partial charge on any atom is 0.418 e. The minimum absolute atomic E-state index is 0.388. The summed E-state index contributed by atoms with van der Waals surface area (Å²) < 4.78 is 8.07. The van der Waals surface area contributed by atoms with Gasteiger partial charge in [-0.05, 0) is 10.4 Å². The Bertz CT molecular complexity index is 795. The third-order valence-corrected chi connectivity index (χ3v) is 7.88. The van der Waals surface area contributed by atoms with E-state index in [2.05, 4.69) is 39.3 Å². The van der Waals surface area contributed by atoms with E-state index in [-0.39, 0.29) is 5.97 Å². The first-order valence-corrected chi connectivity index (χ1v) is 14.9. The molecule has 0 aliphatic carbocycles. The van der Waals surface area contributed by atoms with Crippen LogP contribution in [0.25, 0.3) is 11.0 Å². The number of carbonyl (C=O) groups is 2. The Kier molecular flexibility index (Phi) is 4.57. The van der Waals surface area contributed by atoms with Crippen LogP contribution in [0.2, 0.25) is 39.3 Å². The fraction of sp³-hybridized carbons (Fsp3) is 0.500. The van der Waals surface area contributed by atoms with Crippen molar-refractivity contribution in [1.29, 1.82) is 0 Å². The molecule has 0 saturated carbocycles. The summed E-state index contributed by atoms with van der Waals surface area (Å²) >= 11 is 0. The molecule has 0 bridgehead atoms. The molecule has 0 amide bonds. The summed E-state index contributed by atoms with van der Waals surface area (Å²) in [4.78, 5) is 29.3. The zero-order valence-electron chi connectivity index (χ0n) is 15.7. The minimum atomic E-state index is -1.79. The average Bonchev–Trinajstić information content (AvgIpc) is 2.95. The fourth-order valence-corrected chi connectivity index (χ4v) is 5.68. The van der Waals surface area contributed by atoms with Crippen LogP contribution in [0.15, 0.2) is 12.4 Å². The Morgan fingerprint density at radius 2 is 1.42 bits per heavy atom. The van der Waals surface area contributed by atoms with Gasteiger partial charge in [0.15, 0.2) is 0 Å². The van der Waals surface area contributed by atoms with Gasteiger partial charge < -0.3 is 9.57 Å². The largest absolute Gasteiger partial charge is 0.452 e. The molecule has 0 unspecified atom stereocenters. The summed E-state index contributed by atoms with van der Waals surface area (Å²) in [6.45, 7) is 14.6. The molecule has 6 nitrogen and oxygen atoms in total. The van der Waals surface area contributed by atoms with Gasteiger partial charge in [0, 0.05) is 19.3 Å². The molecule has 2 rings (SSSR count). The second kappa shape index (κ2) is 5.92. The highest BCUT2D eigenvalue weighted by Gasteiger charge is 2.33. The second-order valence-corrected chi connectivity index (χ2v) is 18.1. The summed E-state index contributed by atoms with van der Waals surface area (Å²) in [6.07, 6.45) is 3.29. The predicted molar refractivity (Wildman–Crippen MR) is 101 cm³/mol. The summed E-state index contributed by atoms with van der Waals surface area (Å²) in [5.74, 6) is -0.388. The van der Waals surface area contributed by atoms with E-state index in [0.717, 1.165) is 21.4 Å². The molecule has 0 fully saturated rings. The molecule has 132 valence electrons. The molecule has 8 heteroatoms. The molecular weight excluding hydrogens is 340 g/mol. The van der Waals surface area contributed by atoms with Gasteiger partial charge in [-0.25, -0.2) is 9.59 Å². The lowest BCUT2D eigenvalue weighted by Crippen LogP contribution is -2.39. The van der Waals surface area contributed by atoms with Gasteiger partial charge in [0.2, 0.25) is 0 Å². The number of carbonyl (C=O) groups excluding carboxylic acids is 2. The molecule has 2 aromatic heterocycles. The minimum Gasteiger partial charge on any atom is -0.452 e. The van der Waals surface area contributed by atoms with Crippen LogP contribution in [-0.4, -0.2) is 44.6 Å². The van der Waals surface area contributed by atoms with Crippen LogP contribution in [-0.2, 0) is 9.53 Å². The number of ether oxygens (including phenoxy) is 1. The number of rotatable bonds is 3. The van der Waals surface area contributed by atoms with Crippen molar-refractivity contribution in [2.75, 3.05) is 7.11 Å². The monoisotopic (exact) mass is 366 g/mol. The highest BCUT2D eigenvalue weighted by molar-refractivity contribution is 6.92. The Morgan fingerprint density at radius 1 is 0.917 bits per heavy atom. The highest BCUT2D eigenvalue weighted by atomic mass is 28.3. The van der Waals surface area contributed by atoms with E-state index in [9.17, 15) is 9.59 Å². The van der Waals surface area contributed by atoms with E-state index in [4.69, 9.17) is 9.57 Å². The third kappa shape index (κ3) is 3.20. The van der Waals surface area contributed by atoms with Crippen LogP contribution in [0.4, 0.5) is 4.79 Å². The molecule has 2 heterocycles. The lowest BCUT2D eigenvalue weighted by molar-refractivity contribution is -0.140. The summed E-state index contributed by atoms with van der Waals surface area (Å²) in [6, 6.07) is 0. The molecule has 2 aromatic rings. The van der Waals surface area contributed by atoms with Crippen LogP contribution in [0, 0.1) is 0 Å². The zero-order chi connectivity index (χ0) is 18.4. The van der Waals surface area contributed by atoms with E-state index in [0.29, 0.717) is 0 Å². The van der Waals surface area contributed by atoms with E-state index >= 15 is 0 Å².